The summed E-state index contributed by atoms with van der Waals surface area (Å²) in [5.74, 6) is 1.64. The van der Waals surface area contributed by atoms with Gasteiger partial charge in [-0.3, -0.25) is 0 Å². The van der Waals surface area contributed by atoms with Crippen LogP contribution >= 0.6 is 0 Å². The van der Waals surface area contributed by atoms with E-state index in [9.17, 15) is 0 Å². The molecule has 1 aliphatic carbocycles. The summed E-state index contributed by atoms with van der Waals surface area (Å²) in [5.41, 5.74) is 0. The normalized spacial score (nSPS) is 26.6. The SMILES string of the molecule is COCC(C)CN(CC1CC1)CC1CCCN1. The van der Waals surface area contributed by atoms with Crippen molar-refractivity contribution in [1.82, 2.24) is 10.2 Å². The van der Waals surface area contributed by atoms with Crippen LogP contribution in [0, 0.1) is 11.8 Å². The summed E-state index contributed by atoms with van der Waals surface area (Å²) in [6, 6.07) is 0.739. The summed E-state index contributed by atoms with van der Waals surface area (Å²) >= 11 is 0. The Hall–Kier alpha value is -0.120. The summed E-state index contributed by atoms with van der Waals surface area (Å²) in [5, 5.41) is 3.61. The lowest BCUT2D eigenvalue weighted by molar-refractivity contribution is 0.123. The highest BCUT2D eigenvalue weighted by Gasteiger charge is 2.27. The number of hydrogen-bond donors (Lipinski definition) is 1. The molecule has 3 nitrogen and oxygen atoms in total. The van der Waals surface area contributed by atoms with Gasteiger partial charge in [-0.05, 0) is 44.1 Å². The lowest BCUT2D eigenvalue weighted by Gasteiger charge is -2.28. The first kappa shape index (κ1) is 13.3. The van der Waals surface area contributed by atoms with E-state index in [0.29, 0.717) is 5.92 Å². The molecule has 0 spiro atoms. The predicted molar refractivity (Wildman–Crippen MR) is 71.2 cm³/mol. The highest BCUT2D eigenvalue weighted by atomic mass is 16.5. The van der Waals surface area contributed by atoms with Gasteiger partial charge in [0.25, 0.3) is 0 Å². The van der Waals surface area contributed by atoms with E-state index in [1.54, 1.807) is 7.11 Å². The molecule has 0 amide bonds. The van der Waals surface area contributed by atoms with Crippen LogP contribution in [0.5, 0.6) is 0 Å². The first-order chi connectivity index (χ1) is 8.28. The van der Waals surface area contributed by atoms with Gasteiger partial charge >= 0.3 is 0 Å². The summed E-state index contributed by atoms with van der Waals surface area (Å²) in [7, 11) is 1.81. The van der Waals surface area contributed by atoms with E-state index in [1.807, 2.05) is 0 Å². The highest BCUT2D eigenvalue weighted by Crippen LogP contribution is 2.30. The van der Waals surface area contributed by atoms with E-state index in [0.717, 1.165) is 18.6 Å². The van der Waals surface area contributed by atoms with Gasteiger partial charge in [-0.1, -0.05) is 6.92 Å². The Bertz CT molecular complexity index is 212. The van der Waals surface area contributed by atoms with E-state index >= 15 is 0 Å². The molecular formula is C14H28N2O. The maximum Gasteiger partial charge on any atom is 0.0500 e. The third-order valence-electron chi connectivity index (χ3n) is 3.88. The maximum atomic E-state index is 5.25. The Morgan fingerprint density at radius 2 is 2.12 bits per heavy atom. The van der Waals surface area contributed by atoms with Crippen molar-refractivity contribution in [2.45, 2.75) is 38.6 Å². The molecule has 0 aromatic carbocycles. The van der Waals surface area contributed by atoms with Gasteiger partial charge in [0.2, 0.25) is 0 Å². The second-order valence-electron chi connectivity index (χ2n) is 6.02. The topological polar surface area (TPSA) is 24.5 Å². The number of nitrogens with one attached hydrogen (secondary N) is 1. The number of hydrogen-bond acceptors (Lipinski definition) is 3. The zero-order valence-corrected chi connectivity index (χ0v) is 11.5. The van der Waals surface area contributed by atoms with E-state index in [2.05, 4.69) is 17.1 Å². The van der Waals surface area contributed by atoms with Crippen molar-refractivity contribution in [2.24, 2.45) is 11.8 Å². The summed E-state index contributed by atoms with van der Waals surface area (Å²) in [6.07, 6.45) is 5.62. The van der Waals surface area contributed by atoms with Gasteiger partial charge in [0.15, 0.2) is 0 Å². The molecule has 2 unspecified atom stereocenters. The minimum absolute atomic E-state index is 0.653. The molecule has 1 heterocycles. The zero-order valence-electron chi connectivity index (χ0n) is 11.5. The van der Waals surface area contributed by atoms with E-state index < -0.39 is 0 Å². The van der Waals surface area contributed by atoms with Crippen molar-refractivity contribution >= 4 is 0 Å². The van der Waals surface area contributed by atoms with E-state index in [4.69, 9.17) is 4.74 Å². The Morgan fingerprint density at radius 1 is 1.29 bits per heavy atom. The molecule has 100 valence electrons. The molecule has 1 saturated carbocycles. The fraction of sp³-hybridized carbons (Fsp3) is 1.00. The number of rotatable bonds is 8. The van der Waals surface area contributed by atoms with Crippen LogP contribution in [0.15, 0.2) is 0 Å². The van der Waals surface area contributed by atoms with Crippen LogP contribution in [-0.4, -0.2) is 50.8 Å². The van der Waals surface area contributed by atoms with Crippen molar-refractivity contribution < 1.29 is 4.74 Å². The fourth-order valence-electron chi connectivity index (χ4n) is 2.89. The van der Waals surface area contributed by atoms with Gasteiger partial charge in [0, 0.05) is 39.4 Å². The summed E-state index contributed by atoms with van der Waals surface area (Å²) in [6.45, 7) is 8.15. The van der Waals surface area contributed by atoms with Crippen LogP contribution in [0.2, 0.25) is 0 Å². The van der Waals surface area contributed by atoms with Crippen LogP contribution in [0.3, 0.4) is 0 Å². The van der Waals surface area contributed by atoms with Crippen molar-refractivity contribution in [2.75, 3.05) is 39.9 Å². The molecule has 2 rings (SSSR count). The van der Waals surface area contributed by atoms with Crippen LogP contribution in [0.1, 0.15) is 32.6 Å². The van der Waals surface area contributed by atoms with Crippen LogP contribution < -0.4 is 5.32 Å². The molecule has 0 aromatic heterocycles. The average molecular weight is 240 g/mol. The second-order valence-corrected chi connectivity index (χ2v) is 6.02. The van der Waals surface area contributed by atoms with Gasteiger partial charge < -0.3 is 15.0 Å². The monoisotopic (exact) mass is 240 g/mol. The highest BCUT2D eigenvalue weighted by molar-refractivity contribution is 4.83. The molecule has 1 aliphatic heterocycles. The van der Waals surface area contributed by atoms with Crippen molar-refractivity contribution in [1.29, 1.82) is 0 Å². The molecule has 0 radical (unpaired) electrons. The fourth-order valence-corrected chi connectivity index (χ4v) is 2.89. The average Bonchev–Trinajstić information content (AvgIpc) is 2.93. The van der Waals surface area contributed by atoms with Gasteiger partial charge in [0.05, 0.1) is 0 Å². The Balaban J connectivity index is 1.74. The number of ether oxygens (including phenoxy) is 1. The van der Waals surface area contributed by atoms with E-state index in [-0.39, 0.29) is 0 Å². The van der Waals surface area contributed by atoms with Crippen LogP contribution in [-0.2, 0) is 4.74 Å². The smallest absolute Gasteiger partial charge is 0.0500 e. The second kappa shape index (κ2) is 6.72. The molecule has 2 fully saturated rings. The number of methoxy groups -OCH3 is 1. The first-order valence-corrected chi connectivity index (χ1v) is 7.22. The summed E-state index contributed by atoms with van der Waals surface area (Å²) < 4.78 is 5.25. The first-order valence-electron chi connectivity index (χ1n) is 7.22. The van der Waals surface area contributed by atoms with Crippen molar-refractivity contribution in [3.05, 3.63) is 0 Å². The summed E-state index contributed by atoms with van der Waals surface area (Å²) in [4.78, 5) is 2.67. The van der Waals surface area contributed by atoms with Gasteiger partial charge in [0.1, 0.15) is 0 Å². The number of nitrogens with zero attached hydrogens (tertiary/aromatic N) is 1. The third-order valence-corrected chi connectivity index (χ3v) is 3.88. The van der Waals surface area contributed by atoms with E-state index in [1.165, 1.54) is 51.9 Å². The molecule has 17 heavy (non-hydrogen) atoms. The molecule has 2 aliphatic rings. The molecular weight excluding hydrogens is 212 g/mol. The zero-order chi connectivity index (χ0) is 12.1. The standard InChI is InChI=1S/C14H28N2O/c1-12(11-17-2)8-16(9-13-5-6-13)10-14-4-3-7-15-14/h12-15H,3-11H2,1-2H3. The van der Waals surface area contributed by atoms with Crippen LogP contribution in [0.25, 0.3) is 0 Å². The lowest BCUT2D eigenvalue weighted by atomic mass is 10.1. The quantitative estimate of drug-likeness (QED) is 0.699. The minimum Gasteiger partial charge on any atom is -0.384 e. The molecule has 3 heteroatoms. The molecule has 0 aromatic rings. The largest absolute Gasteiger partial charge is 0.384 e. The maximum absolute atomic E-state index is 5.25. The molecule has 2 atom stereocenters. The van der Waals surface area contributed by atoms with Gasteiger partial charge in [-0.15, -0.1) is 0 Å². The Morgan fingerprint density at radius 3 is 2.71 bits per heavy atom. The minimum atomic E-state index is 0.653. The molecule has 0 bridgehead atoms. The predicted octanol–water partition coefficient (Wildman–Crippen LogP) is 1.73. The lowest BCUT2D eigenvalue weighted by Crippen LogP contribution is -2.41. The molecule has 1 saturated heterocycles. The van der Waals surface area contributed by atoms with Gasteiger partial charge in [-0.25, -0.2) is 0 Å². The van der Waals surface area contributed by atoms with Gasteiger partial charge in [-0.2, -0.15) is 0 Å². The molecule has 1 N–H and O–H groups in total. The van der Waals surface area contributed by atoms with Crippen molar-refractivity contribution in [3.63, 3.8) is 0 Å². The third kappa shape index (κ3) is 4.94. The van der Waals surface area contributed by atoms with Crippen molar-refractivity contribution in [3.8, 4) is 0 Å². The Kier molecular flexibility index (Phi) is 5.26. The van der Waals surface area contributed by atoms with Crippen LogP contribution in [0.4, 0.5) is 0 Å². The Labute approximate surface area is 106 Å².